The Bertz CT molecular complexity index is 1310. The molecular formula is C25H24N6O4. The van der Waals surface area contributed by atoms with Gasteiger partial charge >= 0.3 is 0 Å². The highest BCUT2D eigenvalue weighted by Crippen LogP contribution is 2.24. The number of hydrogen-bond donors (Lipinski definition) is 1. The van der Waals surface area contributed by atoms with Crippen molar-refractivity contribution in [2.24, 2.45) is 0 Å². The Morgan fingerprint density at radius 2 is 1.57 bits per heavy atom. The third-order valence-corrected chi connectivity index (χ3v) is 5.75. The normalized spacial score (nSPS) is 14.1. The highest BCUT2D eigenvalue weighted by atomic mass is 16.5. The second-order valence-electron chi connectivity index (χ2n) is 8.30. The highest BCUT2D eigenvalue weighted by Gasteiger charge is 2.24. The Hall–Kier alpha value is -4.31. The topological polar surface area (TPSA) is 118 Å². The van der Waals surface area contributed by atoms with Crippen LogP contribution < -0.4 is 5.32 Å². The first kappa shape index (κ1) is 22.5. The zero-order valence-electron chi connectivity index (χ0n) is 19.2. The summed E-state index contributed by atoms with van der Waals surface area (Å²) in [7, 11) is 0. The van der Waals surface area contributed by atoms with Crippen LogP contribution in [0.1, 0.15) is 16.1 Å². The molecule has 2 amide bonds. The molecule has 0 atom stereocenters. The number of hydrogen-bond acceptors (Lipinski definition) is 8. The van der Waals surface area contributed by atoms with Crippen molar-refractivity contribution < 1.29 is 18.5 Å². The van der Waals surface area contributed by atoms with E-state index in [1.807, 2.05) is 47.4 Å². The van der Waals surface area contributed by atoms with Crippen molar-refractivity contribution in [1.29, 1.82) is 0 Å². The van der Waals surface area contributed by atoms with Crippen LogP contribution in [0.3, 0.4) is 0 Å². The van der Waals surface area contributed by atoms with Crippen LogP contribution in [0.5, 0.6) is 0 Å². The first-order valence-electron chi connectivity index (χ1n) is 11.3. The number of carbonyl (C=O) groups is 2. The molecular weight excluding hydrogens is 448 g/mol. The van der Waals surface area contributed by atoms with E-state index >= 15 is 0 Å². The average Bonchev–Trinajstić information content (AvgIpc) is 3.54. The number of benzene rings is 2. The van der Waals surface area contributed by atoms with Crippen molar-refractivity contribution in [2.75, 3.05) is 38.0 Å². The number of anilines is 1. The van der Waals surface area contributed by atoms with Crippen LogP contribution in [0.15, 0.2) is 69.6 Å². The minimum absolute atomic E-state index is 0.0470. The number of carbonyl (C=O) groups excluding carboxylic acids is 2. The van der Waals surface area contributed by atoms with Gasteiger partial charge in [-0.1, -0.05) is 23.4 Å². The molecule has 0 radical (unpaired) electrons. The van der Waals surface area contributed by atoms with Gasteiger partial charge in [-0.15, -0.1) is 10.2 Å². The fraction of sp³-hybridized carbons (Fsp3) is 0.240. The van der Waals surface area contributed by atoms with Crippen LogP contribution in [0.25, 0.3) is 22.9 Å². The molecule has 1 aliphatic rings. The standard InChI is InChI=1S/C25H24N6O4/c1-17-15-21(29-35-17)26-22(32)16-30-11-13-31(14-12-30)25(33)20-9-7-19(8-10-20)24-28-27-23(34-24)18-5-3-2-4-6-18/h2-10,15H,11-14,16H2,1H3,(H,26,29,32). The molecule has 0 spiro atoms. The summed E-state index contributed by atoms with van der Waals surface area (Å²) in [6.45, 7) is 4.30. The van der Waals surface area contributed by atoms with Crippen molar-refractivity contribution in [1.82, 2.24) is 25.2 Å². The molecule has 3 heterocycles. The van der Waals surface area contributed by atoms with E-state index in [0.29, 0.717) is 55.1 Å². The largest absolute Gasteiger partial charge is 0.416 e. The third kappa shape index (κ3) is 5.28. The van der Waals surface area contributed by atoms with Crippen molar-refractivity contribution in [3.05, 3.63) is 72.0 Å². The van der Waals surface area contributed by atoms with Crippen LogP contribution in [-0.4, -0.2) is 69.7 Å². The predicted molar refractivity (Wildman–Crippen MR) is 127 cm³/mol. The smallest absolute Gasteiger partial charge is 0.253 e. The summed E-state index contributed by atoms with van der Waals surface area (Å²) >= 11 is 0. The van der Waals surface area contributed by atoms with Crippen LogP contribution in [-0.2, 0) is 4.79 Å². The Morgan fingerprint density at radius 3 is 2.20 bits per heavy atom. The number of aromatic nitrogens is 3. The maximum atomic E-state index is 13.0. The van der Waals surface area contributed by atoms with Crippen LogP contribution in [0.4, 0.5) is 5.82 Å². The molecule has 0 saturated carbocycles. The fourth-order valence-corrected chi connectivity index (χ4v) is 3.90. The highest BCUT2D eigenvalue weighted by molar-refractivity contribution is 5.95. The number of aryl methyl sites for hydroxylation is 1. The molecule has 5 rings (SSSR count). The van der Waals surface area contributed by atoms with Crippen molar-refractivity contribution in [3.8, 4) is 22.9 Å². The summed E-state index contributed by atoms with van der Waals surface area (Å²) in [5, 5.41) is 14.7. The van der Waals surface area contributed by atoms with E-state index < -0.39 is 0 Å². The molecule has 0 unspecified atom stereocenters. The van der Waals surface area contributed by atoms with Gasteiger partial charge in [-0.3, -0.25) is 14.5 Å². The molecule has 10 nitrogen and oxygen atoms in total. The van der Waals surface area contributed by atoms with Gasteiger partial charge in [0.1, 0.15) is 5.76 Å². The van der Waals surface area contributed by atoms with E-state index in [1.54, 1.807) is 30.0 Å². The van der Waals surface area contributed by atoms with Crippen molar-refractivity contribution >= 4 is 17.6 Å². The van der Waals surface area contributed by atoms with Gasteiger partial charge in [0.15, 0.2) is 5.82 Å². The van der Waals surface area contributed by atoms with Crippen molar-refractivity contribution in [2.45, 2.75) is 6.92 Å². The molecule has 1 aliphatic heterocycles. The van der Waals surface area contributed by atoms with E-state index in [0.717, 1.165) is 11.1 Å². The molecule has 1 N–H and O–H groups in total. The van der Waals surface area contributed by atoms with Crippen LogP contribution in [0, 0.1) is 6.92 Å². The summed E-state index contributed by atoms with van der Waals surface area (Å²) < 4.78 is 10.7. The number of amides is 2. The second kappa shape index (κ2) is 9.90. The Kier molecular flexibility index (Phi) is 6.36. The number of nitrogens with zero attached hydrogens (tertiary/aromatic N) is 5. The number of piperazine rings is 1. The minimum atomic E-state index is -0.162. The maximum Gasteiger partial charge on any atom is 0.253 e. The molecule has 2 aromatic heterocycles. The van der Waals surface area contributed by atoms with E-state index in [1.165, 1.54) is 0 Å². The lowest BCUT2D eigenvalue weighted by molar-refractivity contribution is -0.117. The van der Waals surface area contributed by atoms with E-state index in [-0.39, 0.29) is 18.4 Å². The van der Waals surface area contributed by atoms with Gasteiger partial charge in [-0.2, -0.15) is 0 Å². The Labute approximate surface area is 201 Å². The molecule has 35 heavy (non-hydrogen) atoms. The van der Waals surface area contributed by atoms with Gasteiger partial charge in [-0.25, -0.2) is 0 Å². The van der Waals surface area contributed by atoms with E-state index in [2.05, 4.69) is 20.7 Å². The lowest BCUT2D eigenvalue weighted by Gasteiger charge is -2.34. The minimum Gasteiger partial charge on any atom is -0.416 e. The number of nitrogens with one attached hydrogen (secondary N) is 1. The molecule has 2 aromatic carbocycles. The van der Waals surface area contributed by atoms with Gasteiger partial charge in [0.2, 0.25) is 17.7 Å². The second-order valence-corrected chi connectivity index (χ2v) is 8.30. The fourth-order valence-electron chi connectivity index (χ4n) is 3.90. The summed E-state index contributed by atoms with van der Waals surface area (Å²) in [5.41, 5.74) is 2.18. The summed E-state index contributed by atoms with van der Waals surface area (Å²) in [5.74, 6) is 1.68. The van der Waals surface area contributed by atoms with Gasteiger partial charge < -0.3 is 19.2 Å². The summed E-state index contributed by atoms with van der Waals surface area (Å²) in [6.07, 6.45) is 0. The summed E-state index contributed by atoms with van der Waals surface area (Å²) in [4.78, 5) is 29.0. The van der Waals surface area contributed by atoms with Crippen LogP contribution in [0.2, 0.25) is 0 Å². The molecule has 10 heteroatoms. The van der Waals surface area contributed by atoms with Gasteiger partial charge in [-0.05, 0) is 43.3 Å². The van der Waals surface area contributed by atoms with Crippen molar-refractivity contribution in [3.63, 3.8) is 0 Å². The van der Waals surface area contributed by atoms with Crippen LogP contribution >= 0.6 is 0 Å². The van der Waals surface area contributed by atoms with Gasteiger partial charge in [0.25, 0.3) is 5.91 Å². The zero-order valence-corrected chi connectivity index (χ0v) is 19.2. The molecule has 178 valence electrons. The van der Waals surface area contributed by atoms with Gasteiger partial charge in [0, 0.05) is 48.9 Å². The maximum absolute atomic E-state index is 13.0. The van der Waals surface area contributed by atoms with E-state index in [4.69, 9.17) is 8.94 Å². The molecule has 1 fully saturated rings. The van der Waals surface area contributed by atoms with Gasteiger partial charge in [0.05, 0.1) is 6.54 Å². The Balaban J connectivity index is 1.14. The summed E-state index contributed by atoms with van der Waals surface area (Å²) in [6, 6.07) is 18.4. The SMILES string of the molecule is Cc1cc(NC(=O)CN2CCN(C(=O)c3ccc(-c4nnc(-c5ccccc5)o4)cc3)CC2)no1. The Morgan fingerprint density at radius 1 is 0.914 bits per heavy atom. The lowest BCUT2D eigenvalue weighted by atomic mass is 10.1. The lowest BCUT2D eigenvalue weighted by Crippen LogP contribution is -2.50. The molecule has 0 bridgehead atoms. The zero-order chi connectivity index (χ0) is 24.2. The predicted octanol–water partition coefficient (Wildman–Crippen LogP) is 3.10. The average molecular weight is 473 g/mol. The first-order valence-corrected chi connectivity index (χ1v) is 11.3. The third-order valence-electron chi connectivity index (χ3n) is 5.75. The number of rotatable bonds is 6. The quantitative estimate of drug-likeness (QED) is 0.455. The first-order chi connectivity index (χ1) is 17.0. The van der Waals surface area contributed by atoms with E-state index in [9.17, 15) is 9.59 Å². The molecule has 1 saturated heterocycles. The monoisotopic (exact) mass is 472 g/mol. The molecule has 4 aromatic rings. The molecule has 0 aliphatic carbocycles.